The van der Waals surface area contributed by atoms with Crippen molar-refractivity contribution in [3.05, 3.63) is 75.8 Å². The number of nitrogens with one attached hydrogen (secondary N) is 1. The van der Waals surface area contributed by atoms with E-state index in [1.807, 2.05) is 48.5 Å². The predicted octanol–water partition coefficient (Wildman–Crippen LogP) is 4.43. The molecule has 0 spiro atoms. The second-order valence-electron chi connectivity index (χ2n) is 5.93. The second-order valence-corrected chi connectivity index (χ2v) is 7.37. The second kappa shape index (κ2) is 7.52. The molecule has 0 fully saturated rings. The van der Waals surface area contributed by atoms with E-state index in [0.29, 0.717) is 27.3 Å². The molecule has 7 heteroatoms. The van der Waals surface area contributed by atoms with Crippen LogP contribution in [0.5, 0.6) is 0 Å². The number of fused-ring (bicyclic) bond motifs is 1. The molecule has 0 atom stereocenters. The van der Waals surface area contributed by atoms with Gasteiger partial charge in [0.1, 0.15) is 0 Å². The number of carbonyl (C=O) groups excluding carboxylic acids is 1. The number of benzene rings is 2. The Morgan fingerprint density at radius 3 is 2.93 bits per heavy atom. The molecule has 0 bridgehead atoms. The first-order valence-electron chi connectivity index (χ1n) is 8.25. The van der Waals surface area contributed by atoms with Crippen LogP contribution in [-0.4, -0.2) is 16.1 Å². The van der Waals surface area contributed by atoms with E-state index in [-0.39, 0.29) is 5.91 Å². The first-order valence-corrected chi connectivity index (χ1v) is 9.45. The maximum atomic E-state index is 12.3. The number of aliphatic imine (C=N–C) groups is 1. The zero-order valence-electron chi connectivity index (χ0n) is 14.1. The van der Waals surface area contributed by atoms with Crippen LogP contribution in [0.2, 0.25) is 5.02 Å². The van der Waals surface area contributed by atoms with Gasteiger partial charge in [-0.15, -0.1) is 0 Å². The molecule has 1 aromatic heterocycles. The molecule has 0 unspecified atom stereocenters. The molecule has 3 N–H and O–H groups in total. The van der Waals surface area contributed by atoms with Crippen molar-refractivity contribution in [3.8, 4) is 0 Å². The molecular weight excluding hydrogens is 380 g/mol. The molecule has 1 aliphatic rings. The summed E-state index contributed by atoms with van der Waals surface area (Å²) in [5.74, 6) is -0.278. The van der Waals surface area contributed by atoms with Gasteiger partial charge in [-0.05, 0) is 59.3 Å². The van der Waals surface area contributed by atoms with Crippen LogP contribution in [0.25, 0.3) is 17.0 Å². The van der Waals surface area contributed by atoms with Crippen molar-refractivity contribution in [2.45, 2.75) is 6.54 Å². The van der Waals surface area contributed by atoms with Crippen molar-refractivity contribution in [1.29, 1.82) is 0 Å². The summed E-state index contributed by atoms with van der Waals surface area (Å²) in [5.41, 5.74) is 9.13. The number of pyridine rings is 1. The Morgan fingerprint density at radius 1 is 1.19 bits per heavy atom. The Labute approximate surface area is 165 Å². The first-order chi connectivity index (χ1) is 13.1. The van der Waals surface area contributed by atoms with Crippen LogP contribution in [0.1, 0.15) is 11.1 Å². The Morgan fingerprint density at radius 2 is 2.07 bits per heavy atom. The Hall–Kier alpha value is -2.67. The minimum Gasteiger partial charge on any atom is -0.333 e. The fraction of sp³-hybridized carbons (Fsp3) is 0.0500. The van der Waals surface area contributed by atoms with E-state index in [2.05, 4.69) is 15.3 Å². The lowest BCUT2D eigenvalue weighted by Gasteiger charge is -2.08. The largest absolute Gasteiger partial charge is 0.333 e. The number of nitrogens with two attached hydrogens (primary N) is 1. The van der Waals surface area contributed by atoms with Gasteiger partial charge in [-0.25, -0.2) is 0 Å². The van der Waals surface area contributed by atoms with Gasteiger partial charge in [0, 0.05) is 18.1 Å². The van der Waals surface area contributed by atoms with E-state index in [1.54, 1.807) is 12.3 Å². The highest BCUT2D eigenvalue weighted by molar-refractivity contribution is 8.18. The number of rotatable bonds is 3. The number of halogens is 1. The Balaban J connectivity index is 1.55. The van der Waals surface area contributed by atoms with Gasteiger partial charge in [0.25, 0.3) is 5.91 Å². The molecule has 134 valence electrons. The van der Waals surface area contributed by atoms with Gasteiger partial charge in [0.15, 0.2) is 5.17 Å². The smallest absolute Gasteiger partial charge is 0.286 e. The summed E-state index contributed by atoms with van der Waals surface area (Å²) in [7, 11) is 0. The summed E-state index contributed by atoms with van der Waals surface area (Å²) in [6, 6.07) is 15.2. The number of thioether (sulfide) groups is 1. The first kappa shape index (κ1) is 17.7. The molecule has 3 aromatic rings. The molecule has 2 heterocycles. The SMILES string of the molecule is NCc1ccc(Cl)c(NC2=NC(=O)C(=Cc3ccc4ncccc4c3)S2)c1. The van der Waals surface area contributed by atoms with Crippen molar-refractivity contribution < 1.29 is 4.79 Å². The number of aromatic nitrogens is 1. The van der Waals surface area contributed by atoms with Gasteiger partial charge in [0.05, 0.1) is 21.1 Å². The summed E-state index contributed by atoms with van der Waals surface area (Å²) in [6.07, 6.45) is 3.59. The summed E-state index contributed by atoms with van der Waals surface area (Å²) in [6.45, 7) is 0.409. The fourth-order valence-electron chi connectivity index (χ4n) is 2.71. The molecule has 0 aliphatic carbocycles. The van der Waals surface area contributed by atoms with Gasteiger partial charge in [-0.3, -0.25) is 9.78 Å². The molecule has 1 amide bonds. The van der Waals surface area contributed by atoms with E-state index in [9.17, 15) is 4.79 Å². The zero-order valence-corrected chi connectivity index (χ0v) is 15.7. The minimum atomic E-state index is -0.278. The van der Waals surface area contributed by atoms with E-state index >= 15 is 0 Å². The molecule has 0 saturated carbocycles. The third-order valence-electron chi connectivity index (χ3n) is 4.05. The average Bonchev–Trinajstić information content (AvgIpc) is 3.02. The van der Waals surface area contributed by atoms with Crippen molar-refractivity contribution >= 4 is 57.1 Å². The maximum absolute atomic E-state index is 12.3. The quantitative estimate of drug-likeness (QED) is 0.642. The lowest BCUT2D eigenvalue weighted by molar-refractivity contribution is -0.113. The number of amidine groups is 1. The number of nitrogens with zero attached hydrogens (tertiary/aromatic N) is 2. The monoisotopic (exact) mass is 394 g/mol. The topological polar surface area (TPSA) is 80.4 Å². The molecule has 0 radical (unpaired) electrons. The van der Waals surface area contributed by atoms with Crippen LogP contribution >= 0.6 is 23.4 Å². The number of anilines is 1. The van der Waals surface area contributed by atoms with Gasteiger partial charge in [-0.1, -0.05) is 29.8 Å². The number of amides is 1. The standard InChI is InChI=1S/C20H15ClN4OS/c21-15-5-3-13(11-22)9-17(15)24-20-25-19(26)18(27-20)10-12-4-6-16-14(8-12)2-1-7-23-16/h1-10H,11,22H2,(H,24,25,26). The fourth-order valence-corrected chi connectivity index (χ4v) is 3.70. The molecule has 27 heavy (non-hydrogen) atoms. The Kier molecular flexibility index (Phi) is 4.94. The summed E-state index contributed by atoms with van der Waals surface area (Å²) < 4.78 is 0. The van der Waals surface area contributed by atoms with E-state index in [4.69, 9.17) is 17.3 Å². The molecule has 2 aromatic carbocycles. The van der Waals surface area contributed by atoms with Crippen molar-refractivity contribution in [2.75, 3.05) is 5.32 Å². The summed E-state index contributed by atoms with van der Waals surface area (Å²) >= 11 is 7.50. The lowest BCUT2D eigenvalue weighted by atomic mass is 10.1. The van der Waals surface area contributed by atoms with Gasteiger partial charge in [-0.2, -0.15) is 4.99 Å². The zero-order chi connectivity index (χ0) is 18.8. The van der Waals surface area contributed by atoms with Crippen LogP contribution in [0.15, 0.2) is 64.6 Å². The number of hydrogen-bond acceptors (Lipinski definition) is 5. The lowest BCUT2D eigenvalue weighted by Crippen LogP contribution is -2.06. The van der Waals surface area contributed by atoms with Gasteiger partial charge >= 0.3 is 0 Å². The molecule has 4 rings (SSSR count). The summed E-state index contributed by atoms with van der Waals surface area (Å²) in [4.78, 5) is 21.2. The van der Waals surface area contributed by atoms with Crippen LogP contribution in [0.4, 0.5) is 5.69 Å². The molecule has 1 aliphatic heterocycles. The predicted molar refractivity (Wildman–Crippen MR) is 113 cm³/mol. The number of carbonyl (C=O) groups is 1. The highest BCUT2D eigenvalue weighted by Gasteiger charge is 2.22. The van der Waals surface area contributed by atoms with Crippen molar-refractivity contribution in [1.82, 2.24) is 4.98 Å². The van der Waals surface area contributed by atoms with E-state index in [1.165, 1.54) is 11.8 Å². The maximum Gasteiger partial charge on any atom is 0.286 e. The van der Waals surface area contributed by atoms with Crippen LogP contribution < -0.4 is 11.1 Å². The third-order valence-corrected chi connectivity index (χ3v) is 5.28. The highest BCUT2D eigenvalue weighted by Crippen LogP contribution is 2.32. The van der Waals surface area contributed by atoms with Crippen molar-refractivity contribution in [2.24, 2.45) is 10.7 Å². The van der Waals surface area contributed by atoms with Crippen molar-refractivity contribution in [3.63, 3.8) is 0 Å². The molecular formula is C20H15ClN4OS. The highest BCUT2D eigenvalue weighted by atomic mass is 35.5. The third kappa shape index (κ3) is 3.88. The molecule has 0 saturated heterocycles. The van der Waals surface area contributed by atoms with Gasteiger partial charge in [0.2, 0.25) is 0 Å². The van der Waals surface area contributed by atoms with E-state index in [0.717, 1.165) is 22.0 Å². The normalized spacial score (nSPS) is 15.4. The number of hydrogen-bond donors (Lipinski definition) is 2. The van der Waals surface area contributed by atoms with Crippen LogP contribution in [0.3, 0.4) is 0 Å². The van der Waals surface area contributed by atoms with Crippen LogP contribution in [0, 0.1) is 0 Å². The van der Waals surface area contributed by atoms with Crippen LogP contribution in [-0.2, 0) is 11.3 Å². The minimum absolute atomic E-state index is 0.278. The Bertz CT molecular complexity index is 1110. The molecule has 5 nitrogen and oxygen atoms in total. The summed E-state index contributed by atoms with van der Waals surface area (Å²) in [5, 5.41) is 5.17. The van der Waals surface area contributed by atoms with E-state index < -0.39 is 0 Å². The van der Waals surface area contributed by atoms with Gasteiger partial charge < -0.3 is 11.1 Å². The average molecular weight is 395 g/mol.